The quantitative estimate of drug-likeness (QED) is 0.708. The highest BCUT2D eigenvalue weighted by Crippen LogP contribution is 2.47. The van der Waals surface area contributed by atoms with Crippen LogP contribution in [-0.4, -0.2) is 28.6 Å². The predicted octanol–water partition coefficient (Wildman–Crippen LogP) is 4.93. The third kappa shape index (κ3) is 3.33. The lowest BCUT2D eigenvalue weighted by molar-refractivity contribution is -0.128. The van der Waals surface area contributed by atoms with E-state index >= 15 is 0 Å². The van der Waals surface area contributed by atoms with E-state index in [1.54, 1.807) is 0 Å². The van der Waals surface area contributed by atoms with Crippen molar-refractivity contribution in [1.29, 1.82) is 0 Å². The molecule has 0 saturated heterocycles. The first kappa shape index (κ1) is 20.8. The second-order valence-electron chi connectivity index (χ2n) is 10.2. The summed E-state index contributed by atoms with van der Waals surface area (Å²) in [6.07, 6.45) is 3.98. The van der Waals surface area contributed by atoms with Crippen molar-refractivity contribution in [3.05, 3.63) is 52.0 Å². The van der Waals surface area contributed by atoms with Crippen LogP contribution < -0.4 is 10.2 Å². The van der Waals surface area contributed by atoms with E-state index in [1.165, 1.54) is 5.56 Å². The first-order valence-electron chi connectivity index (χ1n) is 11.2. The monoisotopic (exact) mass is 439 g/mol. The van der Waals surface area contributed by atoms with Crippen LogP contribution in [0.25, 0.3) is 0 Å². The van der Waals surface area contributed by atoms with E-state index < -0.39 is 0 Å². The molecule has 1 aromatic heterocycles. The van der Waals surface area contributed by atoms with Gasteiger partial charge in [-0.25, -0.2) is 4.98 Å². The molecule has 0 spiro atoms. The van der Waals surface area contributed by atoms with E-state index in [0.29, 0.717) is 19.4 Å². The van der Waals surface area contributed by atoms with Gasteiger partial charge in [0.1, 0.15) is 11.6 Å². The number of hydrogen-bond acceptors (Lipinski definition) is 4. The molecule has 2 heterocycles. The minimum absolute atomic E-state index is 0.0887. The Balaban J connectivity index is 1.47. The zero-order chi connectivity index (χ0) is 22.0. The number of benzene rings is 1. The van der Waals surface area contributed by atoms with Crippen LogP contribution in [-0.2, 0) is 15.7 Å². The molecule has 0 atom stereocenters. The number of carbonyl (C=O) groups is 1. The van der Waals surface area contributed by atoms with Gasteiger partial charge in [-0.3, -0.25) is 9.69 Å². The highest BCUT2D eigenvalue weighted by molar-refractivity contribution is 6.31. The second-order valence-corrected chi connectivity index (χ2v) is 10.6. The zero-order valence-electron chi connectivity index (χ0n) is 18.4. The summed E-state index contributed by atoms with van der Waals surface area (Å²) >= 11 is 6.42. The number of nitrogens with one attached hydrogen (secondary N) is 1. The van der Waals surface area contributed by atoms with Crippen molar-refractivity contribution in [3.63, 3.8) is 0 Å². The van der Waals surface area contributed by atoms with Crippen molar-refractivity contribution in [1.82, 2.24) is 4.98 Å². The van der Waals surface area contributed by atoms with Crippen molar-refractivity contribution in [3.8, 4) is 0 Å². The van der Waals surface area contributed by atoms with Gasteiger partial charge in [-0.15, -0.1) is 0 Å². The Bertz CT molecular complexity index is 1040. The molecule has 0 bridgehead atoms. The van der Waals surface area contributed by atoms with E-state index in [1.807, 2.05) is 23.1 Å². The molecular weight excluding hydrogens is 410 g/mol. The fourth-order valence-corrected chi connectivity index (χ4v) is 5.54. The van der Waals surface area contributed by atoms with Crippen LogP contribution in [0, 0.1) is 12.8 Å². The van der Waals surface area contributed by atoms with Crippen molar-refractivity contribution in [2.24, 2.45) is 5.92 Å². The number of aliphatic hydroxyl groups excluding tert-OH is 1. The molecule has 1 amide bonds. The molecule has 2 N–H and O–H groups in total. The third-order valence-corrected chi connectivity index (χ3v) is 7.91. The predicted molar refractivity (Wildman–Crippen MR) is 124 cm³/mol. The van der Waals surface area contributed by atoms with Gasteiger partial charge in [0.2, 0.25) is 5.91 Å². The van der Waals surface area contributed by atoms with Crippen LogP contribution in [0.5, 0.6) is 0 Å². The maximum atomic E-state index is 13.1. The molecule has 0 radical (unpaired) electrons. The van der Waals surface area contributed by atoms with Crippen LogP contribution >= 0.6 is 11.6 Å². The molecule has 2 saturated carbocycles. The number of aliphatic hydroxyl groups is 1. The van der Waals surface area contributed by atoms with Crippen LogP contribution in [0.1, 0.15) is 62.6 Å². The van der Waals surface area contributed by atoms with Gasteiger partial charge in [0.15, 0.2) is 0 Å². The summed E-state index contributed by atoms with van der Waals surface area (Å²) in [6, 6.07) is 10.3. The fraction of sp³-hybridized carbons (Fsp3) is 0.520. The Hall–Kier alpha value is -2.11. The highest BCUT2D eigenvalue weighted by atomic mass is 35.5. The van der Waals surface area contributed by atoms with E-state index in [2.05, 4.69) is 38.2 Å². The molecule has 3 aliphatic rings. The Morgan fingerprint density at radius 2 is 1.94 bits per heavy atom. The summed E-state index contributed by atoms with van der Waals surface area (Å²) in [4.78, 5) is 19.9. The number of anilines is 2. The van der Waals surface area contributed by atoms with Gasteiger partial charge < -0.3 is 10.4 Å². The summed E-state index contributed by atoms with van der Waals surface area (Å²) in [5.41, 5.74) is 3.13. The summed E-state index contributed by atoms with van der Waals surface area (Å²) in [7, 11) is 0. The molecule has 164 valence electrons. The van der Waals surface area contributed by atoms with Gasteiger partial charge in [-0.05, 0) is 62.3 Å². The van der Waals surface area contributed by atoms with Crippen LogP contribution in [0.4, 0.5) is 11.6 Å². The summed E-state index contributed by atoms with van der Waals surface area (Å²) < 4.78 is 0. The number of amides is 1. The average molecular weight is 440 g/mol. The topological polar surface area (TPSA) is 65.5 Å². The molecule has 1 aromatic carbocycles. The van der Waals surface area contributed by atoms with Crippen molar-refractivity contribution in [2.45, 2.75) is 69.9 Å². The number of halogens is 1. The summed E-state index contributed by atoms with van der Waals surface area (Å²) in [5.74, 6) is 1.55. The molecule has 5 rings (SSSR count). The number of pyridine rings is 1. The minimum atomic E-state index is -0.343. The van der Waals surface area contributed by atoms with Crippen LogP contribution in [0.2, 0.25) is 5.02 Å². The lowest BCUT2D eigenvalue weighted by Crippen LogP contribution is -2.45. The number of rotatable bonds is 4. The molecular formula is C25H30ClN3O2. The van der Waals surface area contributed by atoms with Gasteiger partial charge in [0.25, 0.3) is 0 Å². The lowest BCUT2D eigenvalue weighted by Gasteiger charge is -2.44. The van der Waals surface area contributed by atoms with E-state index in [9.17, 15) is 9.90 Å². The first-order chi connectivity index (χ1) is 14.7. The molecule has 5 nitrogen and oxygen atoms in total. The standard InChI is InChI=1S/C25H30ClN3O2/c1-15-18(6-4-7-20(15)26)25(10-5-11-25)28-21-9-8-19-22(27-21)29(14-24(19,2)3)23(31)16-12-17(30)13-16/h4,6-9,16-17,30H,5,10-14H2,1-3H3,(H,27,28). The van der Waals surface area contributed by atoms with Crippen molar-refractivity contribution in [2.75, 3.05) is 16.8 Å². The lowest BCUT2D eigenvalue weighted by atomic mass is 9.70. The van der Waals surface area contributed by atoms with E-state index in [4.69, 9.17) is 16.6 Å². The van der Waals surface area contributed by atoms with Crippen LogP contribution in [0.3, 0.4) is 0 Å². The SMILES string of the molecule is Cc1c(Cl)cccc1C1(Nc2ccc3c(n2)N(C(=O)C2CC(O)C2)CC3(C)C)CCC1. The smallest absolute Gasteiger partial charge is 0.231 e. The Kier molecular flexibility index (Phi) is 4.83. The van der Waals surface area contributed by atoms with Crippen molar-refractivity contribution < 1.29 is 9.90 Å². The molecule has 2 aromatic rings. The number of nitrogens with zero attached hydrogens (tertiary/aromatic N) is 2. The summed E-state index contributed by atoms with van der Waals surface area (Å²) in [6.45, 7) is 7.02. The Labute approximate surface area is 188 Å². The minimum Gasteiger partial charge on any atom is -0.393 e. The van der Waals surface area contributed by atoms with E-state index in [0.717, 1.165) is 47.0 Å². The summed E-state index contributed by atoms with van der Waals surface area (Å²) in [5, 5.41) is 14.2. The van der Waals surface area contributed by atoms with Gasteiger partial charge in [-0.1, -0.05) is 43.6 Å². The second kappa shape index (κ2) is 7.21. The molecule has 0 unspecified atom stereocenters. The molecule has 2 aliphatic carbocycles. The molecule has 1 aliphatic heterocycles. The zero-order valence-corrected chi connectivity index (χ0v) is 19.2. The average Bonchev–Trinajstić information content (AvgIpc) is 2.95. The van der Waals surface area contributed by atoms with Gasteiger partial charge in [0.05, 0.1) is 11.6 Å². The Morgan fingerprint density at radius 1 is 1.19 bits per heavy atom. The fourth-order valence-electron chi connectivity index (χ4n) is 5.36. The normalized spacial score (nSPS) is 25.4. The van der Waals surface area contributed by atoms with Gasteiger partial charge in [-0.2, -0.15) is 0 Å². The number of hydrogen-bond donors (Lipinski definition) is 2. The van der Waals surface area contributed by atoms with Crippen molar-refractivity contribution >= 4 is 29.1 Å². The third-order valence-electron chi connectivity index (χ3n) is 7.50. The molecule has 2 fully saturated rings. The van der Waals surface area contributed by atoms with Crippen LogP contribution in [0.15, 0.2) is 30.3 Å². The maximum absolute atomic E-state index is 13.1. The number of fused-ring (bicyclic) bond motifs is 1. The van der Waals surface area contributed by atoms with E-state index in [-0.39, 0.29) is 28.9 Å². The highest BCUT2D eigenvalue weighted by Gasteiger charge is 2.45. The molecule has 6 heteroatoms. The number of aromatic nitrogens is 1. The Morgan fingerprint density at radius 3 is 2.58 bits per heavy atom. The van der Waals surface area contributed by atoms with Gasteiger partial charge >= 0.3 is 0 Å². The largest absolute Gasteiger partial charge is 0.393 e. The molecule has 31 heavy (non-hydrogen) atoms. The maximum Gasteiger partial charge on any atom is 0.231 e. The number of carbonyl (C=O) groups excluding carboxylic acids is 1. The van der Waals surface area contributed by atoms with Gasteiger partial charge in [0, 0.05) is 28.5 Å². The first-order valence-corrected chi connectivity index (χ1v) is 11.6.